The maximum atomic E-state index is 13.1. The first-order valence-electron chi connectivity index (χ1n) is 5.49. The molecule has 0 radical (unpaired) electrons. The molecule has 90 valence electrons. The second-order valence-corrected chi connectivity index (χ2v) is 5.11. The molecule has 0 aliphatic carbocycles. The van der Waals surface area contributed by atoms with Gasteiger partial charge in [-0.25, -0.2) is 9.07 Å². The van der Waals surface area contributed by atoms with Crippen molar-refractivity contribution in [3.63, 3.8) is 0 Å². The van der Waals surface area contributed by atoms with Crippen LogP contribution in [0.25, 0.3) is 5.69 Å². The first kappa shape index (κ1) is 11.6. The van der Waals surface area contributed by atoms with Crippen LogP contribution in [0.3, 0.4) is 0 Å². The van der Waals surface area contributed by atoms with Gasteiger partial charge in [0.2, 0.25) is 0 Å². The third kappa shape index (κ3) is 2.30. The van der Waals surface area contributed by atoms with Crippen molar-refractivity contribution in [3.8, 4) is 5.69 Å². The van der Waals surface area contributed by atoms with E-state index in [2.05, 4.69) is 5.10 Å². The van der Waals surface area contributed by atoms with Crippen LogP contribution in [0.2, 0.25) is 0 Å². The maximum Gasteiger partial charge on any atom is 0.125 e. The summed E-state index contributed by atoms with van der Waals surface area (Å²) in [4.78, 5) is 0. The second kappa shape index (κ2) is 3.87. The van der Waals surface area contributed by atoms with Gasteiger partial charge in [-0.3, -0.25) is 0 Å². The molecule has 0 spiro atoms. The third-order valence-corrected chi connectivity index (χ3v) is 2.53. The van der Waals surface area contributed by atoms with Gasteiger partial charge in [0.05, 0.1) is 23.3 Å². The Bertz CT molecular complexity index is 538. The molecule has 1 aromatic carbocycles. The van der Waals surface area contributed by atoms with Gasteiger partial charge in [-0.1, -0.05) is 26.8 Å². The Morgan fingerprint density at radius 1 is 1.29 bits per heavy atom. The first-order chi connectivity index (χ1) is 7.88. The van der Waals surface area contributed by atoms with Gasteiger partial charge in [-0.2, -0.15) is 5.10 Å². The molecule has 2 rings (SSSR count). The zero-order valence-electron chi connectivity index (χ0n) is 10.2. The van der Waals surface area contributed by atoms with Crippen LogP contribution >= 0.6 is 0 Å². The molecule has 1 heterocycles. The van der Waals surface area contributed by atoms with Crippen molar-refractivity contribution in [2.24, 2.45) is 0 Å². The van der Waals surface area contributed by atoms with Gasteiger partial charge in [-0.05, 0) is 18.2 Å². The van der Waals surface area contributed by atoms with E-state index >= 15 is 0 Å². The van der Waals surface area contributed by atoms with Crippen LogP contribution in [-0.4, -0.2) is 9.78 Å². The predicted molar refractivity (Wildman–Crippen MR) is 66.6 cm³/mol. The smallest absolute Gasteiger partial charge is 0.125 e. The van der Waals surface area contributed by atoms with E-state index < -0.39 is 0 Å². The Balaban J connectivity index is 2.49. The zero-order chi connectivity index (χ0) is 12.6. The average Bonchev–Trinajstić information content (AvgIpc) is 2.60. The minimum atomic E-state index is -0.283. The summed E-state index contributed by atoms with van der Waals surface area (Å²) in [5, 5.41) is 4.42. The highest BCUT2D eigenvalue weighted by atomic mass is 19.1. The minimum absolute atomic E-state index is 0.122. The highest BCUT2D eigenvalue weighted by Crippen LogP contribution is 2.27. The molecule has 0 amide bonds. The molecule has 0 atom stereocenters. The van der Waals surface area contributed by atoms with Gasteiger partial charge in [0.15, 0.2) is 0 Å². The van der Waals surface area contributed by atoms with Gasteiger partial charge >= 0.3 is 0 Å². The SMILES string of the molecule is CC(C)(C)c1nn(-c2cccc(F)c2)cc1N. The van der Waals surface area contributed by atoms with Gasteiger partial charge in [-0.15, -0.1) is 0 Å². The molecule has 0 saturated heterocycles. The summed E-state index contributed by atoms with van der Waals surface area (Å²) < 4.78 is 14.7. The lowest BCUT2D eigenvalue weighted by atomic mass is 9.92. The lowest BCUT2D eigenvalue weighted by Crippen LogP contribution is -2.14. The standard InChI is InChI=1S/C13H16FN3/c1-13(2,3)12-11(15)8-17(16-12)10-6-4-5-9(14)7-10/h4-8H,15H2,1-3H3. The third-order valence-electron chi connectivity index (χ3n) is 2.53. The van der Waals surface area contributed by atoms with Crippen LogP contribution < -0.4 is 5.73 Å². The van der Waals surface area contributed by atoms with Crippen molar-refractivity contribution in [2.45, 2.75) is 26.2 Å². The van der Waals surface area contributed by atoms with Crippen molar-refractivity contribution < 1.29 is 4.39 Å². The number of hydrogen-bond acceptors (Lipinski definition) is 2. The van der Waals surface area contributed by atoms with Crippen molar-refractivity contribution in [3.05, 3.63) is 42.0 Å². The molecule has 3 nitrogen and oxygen atoms in total. The highest BCUT2D eigenvalue weighted by molar-refractivity contribution is 5.47. The molecule has 0 aliphatic rings. The van der Waals surface area contributed by atoms with Crippen LogP contribution in [0.5, 0.6) is 0 Å². The Kier molecular flexibility index (Phi) is 2.65. The summed E-state index contributed by atoms with van der Waals surface area (Å²) in [6.07, 6.45) is 1.72. The van der Waals surface area contributed by atoms with E-state index in [1.165, 1.54) is 12.1 Å². The molecule has 0 saturated carbocycles. The molecule has 2 aromatic rings. The molecule has 0 unspecified atom stereocenters. The summed E-state index contributed by atoms with van der Waals surface area (Å²) in [5.41, 5.74) is 7.92. The molecular formula is C13H16FN3. The number of benzene rings is 1. The molecule has 1 aromatic heterocycles. The molecule has 4 heteroatoms. The fourth-order valence-electron chi connectivity index (χ4n) is 1.72. The number of hydrogen-bond donors (Lipinski definition) is 1. The lowest BCUT2D eigenvalue weighted by molar-refractivity contribution is 0.561. The number of nitrogens with zero attached hydrogens (tertiary/aromatic N) is 2. The summed E-state index contributed by atoms with van der Waals surface area (Å²) in [6.45, 7) is 6.13. The fraction of sp³-hybridized carbons (Fsp3) is 0.308. The van der Waals surface area contributed by atoms with Gasteiger partial charge < -0.3 is 5.73 Å². The lowest BCUT2D eigenvalue weighted by Gasteiger charge is -2.15. The van der Waals surface area contributed by atoms with Crippen LogP contribution in [0.4, 0.5) is 10.1 Å². The van der Waals surface area contributed by atoms with Crippen molar-refractivity contribution >= 4 is 5.69 Å². The Labute approximate surface area is 100 Å². The molecule has 2 N–H and O–H groups in total. The molecule has 0 fully saturated rings. The highest BCUT2D eigenvalue weighted by Gasteiger charge is 2.21. The maximum absolute atomic E-state index is 13.1. The number of rotatable bonds is 1. The fourth-order valence-corrected chi connectivity index (χ4v) is 1.72. The second-order valence-electron chi connectivity index (χ2n) is 5.11. The predicted octanol–water partition coefficient (Wildman–Crippen LogP) is 2.89. The molecular weight excluding hydrogens is 217 g/mol. The van der Waals surface area contributed by atoms with E-state index in [0.717, 1.165) is 5.69 Å². The van der Waals surface area contributed by atoms with Gasteiger partial charge in [0, 0.05) is 5.41 Å². The number of nitrogen functional groups attached to an aromatic ring is 1. The number of aromatic nitrogens is 2. The van der Waals surface area contributed by atoms with E-state index in [1.54, 1.807) is 23.0 Å². The van der Waals surface area contributed by atoms with Gasteiger partial charge in [0.25, 0.3) is 0 Å². The normalized spacial score (nSPS) is 11.8. The van der Waals surface area contributed by atoms with E-state index in [0.29, 0.717) is 11.4 Å². The van der Waals surface area contributed by atoms with Crippen molar-refractivity contribution in [1.29, 1.82) is 0 Å². The summed E-state index contributed by atoms with van der Waals surface area (Å²) in [5.74, 6) is -0.283. The summed E-state index contributed by atoms with van der Waals surface area (Å²) in [7, 11) is 0. The summed E-state index contributed by atoms with van der Waals surface area (Å²) >= 11 is 0. The zero-order valence-corrected chi connectivity index (χ0v) is 10.2. The van der Waals surface area contributed by atoms with E-state index in [4.69, 9.17) is 5.73 Å². The van der Waals surface area contributed by atoms with E-state index in [-0.39, 0.29) is 11.2 Å². The van der Waals surface area contributed by atoms with Crippen LogP contribution in [0, 0.1) is 5.82 Å². The monoisotopic (exact) mass is 233 g/mol. The molecule has 0 bridgehead atoms. The summed E-state index contributed by atoms with van der Waals surface area (Å²) in [6, 6.07) is 6.28. The van der Waals surface area contributed by atoms with Gasteiger partial charge in [0.1, 0.15) is 5.82 Å². The van der Waals surface area contributed by atoms with E-state index in [9.17, 15) is 4.39 Å². The number of halogens is 1. The quantitative estimate of drug-likeness (QED) is 0.823. The largest absolute Gasteiger partial charge is 0.396 e. The molecule has 0 aliphatic heterocycles. The average molecular weight is 233 g/mol. The first-order valence-corrected chi connectivity index (χ1v) is 5.49. The van der Waals surface area contributed by atoms with E-state index in [1.807, 2.05) is 20.8 Å². The van der Waals surface area contributed by atoms with Crippen LogP contribution in [0.15, 0.2) is 30.5 Å². The number of nitrogens with two attached hydrogens (primary N) is 1. The topological polar surface area (TPSA) is 43.8 Å². The minimum Gasteiger partial charge on any atom is -0.396 e. The molecule has 17 heavy (non-hydrogen) atoms. The van der Waals surface area contributed by atoms with Crippen LogP contribution in [0.1, 0.15) is 26.5 Å². The van der Waals surface area contributed by atoms with Crippen molar-refractivity contribution in [2.75, 3.05) is 5.73 Å². The van der Waals surface area contributed by atoms with Crippen molar-refractivity contribution in [1.82, 2.24) is 9.78 Å². The Morgan fingerprint density at radius 2 is 2.00 bits per heavy atom. The van der Waals surface area contributed by atoms with Crippen LogP contribution in [-0.2, 0) is 5.41 Å². The Hall–Kier alpha value is -1.84. The Morgan fingerprint density at radius 3 is 2.53 bits per heavy atom. The number of anilines is 1.